The molecule has 0 bridgehead atoms. The van der Waals surface area contributed by atoms with E-state index in [2.05, 4.69) is 99.6 Å². The summed E-state index contributed by atoms with van der Waals surface area (Å²) in [5.74, 6) is 2.80. The first-order chi connectivity index (χ1) is 19.8. The highest BCUT2D eigenvalue weighted by molar-refractivity contribution is 5.69. The van der Waals surface area contributed by atoms with Crippen molar-refractivity contribution in [1.82, 2.24) is 0 Å². The monoisotopic (exact) mass is 581 g/mol. The molecule has 3 unspecified atom stereocenters. The Bertz CT molecular complexity index is 923. The van der Waals surface area contributed by atoms with Crippen LogP contribution in [-0.4, -0.2) is 12.6 Å². The van der Waals surface area contributed by atoms with Gasteiger partial charge in [0.15, 0.2) is 0 Å². The lowest BCUT2D eigenvalue weighted by molar-refractivity contribution is -0.143. The second kappa shape index (κ2) is 21.0. The number of ether oxygens (including phenoxy) is 1. The maximum absolute atomic E-state index is 12.3. The highest BCUT2D eigenvalue weighted by atomic mass is 16.5. The molecule has 0 N–H and O–H groups in total. The smallest absolute Gasteiger partial charge is 0.306 e. The van der Waals surface area contributed by atoms with Crippen LogP contribution >= 0.6 is 0 Å². The molecular weight excluding hydrogens is 512 g/mol. The third kappa shape index (κ3) is 18.0. The van der Waals surface area contributed by atoms with Crippen LogP contribution in [0.4, 0.5) is 0 Å². The van der Waals surface area contributed by atoms with Crippen LogP contribution in [0, 0.1) is 29.1 Å². The molecule has 0 radical (unpaired) electrons. The molecule has 1 rings (SSSR count). The normalized spacial score (nSPS) is 18.7. The molecule has 3 atom stereocenters. The Balaban J connectivity index is 2.25. The standard InChI is InChI=1S/C40H68O2/c1-31(2)16-11-17-32(3)18-12-19-33(4)20-14-23-36(7)30-39(41)42-29-27-35(6)22-13-21-34(5)25-26-38-37(8)24-15-28-40(38,9)10/h13,21-22,25-27,31-33,36H,11-12,14-20,23-24,28-30H2,1-10H3. The molecule has 1 aliphatic rings. The summed E-state index contributed by atoms with van der Waals surface area (Å²) in [6, 6.07) is 0. The zero-order valence-electron chi connectivity index (χ0n) is 29.5. The van der Waals surface area contributed by atoms with E-state index in [1.807, 2.05) is 6.08 Å². The molecule has 0 aromatic rings. The highest BCUT2D eigenvalue weighted by Gasteiger charge is 2.26. The number of allylic oxidation sites excluding steroid dienone is 9. The van der Waals surface area contributed by atoms with Crippen molar-refractivity contribution in [1.29, 1.82) is 0 Å². The predicted molar refractivity (Wildman–Crippen MR) is 186 cm³/mol. The van der Waals surface area contributed by atoms with E-state index in [0.717, 1.165) is 29.7 Å². The quantitative estimate of drug-likeness (QED) is 0.106. The fraction of sp³-hybridized carbons (Fsp3) is 0.725. The van der Waals surface area contributed by atoms with Gasteiger partial charge in [-0.05, 0) is 80.8 Å². The van der Waals surface area contributed by atoms with Gasteiger partial charge in [-0.15, -0.1) is 0 Å². The summed E-state index contributed by atoms with van der Waals surface area (Å²) in [5.41, 5.74) is 5.64. The minimum atomic E-state index is -0.0776. The number of hydrogen-bond donors (Lipinski definition) is 0. The van der Waals surface area contributed by atoms with Gasteiger partial charge in [0.2, 0.25) is 0 Å². The van der Waals surface area contributed by atoms with Gasteiger partial charge in [-0.1, -0.05) is 153 Å². The molecule has 0 spiro atoms. The van der Waals surface area contributed by atoms with Crippen molar-refractivity contribution in [2.75, 3.05) is 6.61 Å². The third-order valence-corrected chi connectivity index (χ3v) is 9.20. The number of hydrogen-bond acceptors (Lipinski definition) is 2. The molecule has 0 aliphatic heterocycles. The summed E-state index contributed by atoms with van der Waals surface area (Å²) in [4.78, 5) is 12.3. The van der Waals surface area contributed by atoms with Crippen LogP contribution < -0.4 is 0 Å². The van der Waals surface area contributed by atoms with Crippen LogP contribution in [-0.2, 0) is 9.53 Å². The summed E-state index contributed by atoms with van der Waals surface area (Å²) >= 11 is 0. The topological polar surface area (TPSA) is 26.3 Å². The summed E-state index contributed by atoms with van der Waals surface area (Å²) in [5, 5.41) is 0. The van der Waals surface area contributed by atoms with Crippen molar-refractivity contribution in [3.8, 4) is 0 Å². The van der Waals surface area contributed by atoms with Gasteiger partial charge in [0.05, 0.1) is 0 Å². The molecular formula is C40H68O2. The van der Waals surface area contributed by atoms with Gasteiger partial charge >= 0.3 is 5.97 Å². The largest absolute Gasteiger partial charge is 0.461 e. The van der Waals surface area contributed by atoms with Gasteiger partial charge in [0.1, 0.15) is 6.61 Å². The van der Waals surface area contributed by atoms with Crippen molar-refractivity contribution in [2.24, 2.45) is 29.1 Å². The minimum Gasteiger partial charge on any atom is -0.461 e. The number of esters is 1. The lowest BCUT2D eigenvalue weighted by Crippen LogP contribution is -2.19. The SMILES string of the molecule is CC(C=CC1=C(C)CCCC1(C)C)=CC=CC(C)=CCOC(=O)CC(C)CCCC(C)CCCC(C)CCCC(C)C. The summed E-state index contributed by atoms with van der Waals surface area (Å²) in [6.45, 7) is 23.2. The van der Waals surface area contributed by atoms with Gasteiger partial charge < -0.3 is 4.74 Å². The molecule has 0 aromatic carbocycles. The molecule has 0 saturated heterocycles. The average Bonchev–Trinajstić information content (AvgIpc) is 2.87. The van der Waals surface area contributed by atoms with Gasteiger partial charge in [0, 0.05) is 6.42 Å². The van der Waals surface area contributed by atoms with Crippen LogP contribution in [0.2, 0.25) is 0 Å². The zero-order chi connectivity index (χ0) is 31.5. The van der Waals surface area contributed by atoms with E-state index in [1.54, 1.807) is 0 Å². The number of carbonyl (C=O) groups is 1. The number of rotatable bonds is 20. The molecule has 0 saturated carbocycles. The zero-order valence-corrected chi connectivity index (χ0v) is 29.5. The maximum Gasteiger partial charge on any atom is 0.306 e. The van der Waals surface area contributed by atoms with Gasteiger partial charge in [0.25, 0.3) is 0 Å². The van der Waals surface area contributed by atoms with E-state index in [4.69, 9.17) is 4.74 Å². The van der Waals surface area contributed by atoms with E-state index in [9.17, 15) is 4.79 Å². The van der Waals surface area contributed by atoms with Crippen LogP contribution in [0.5, 0.6) is 0 Å². The molecule has 1 aliphatic carbocycles. The Kier molecular flexibility index (Phi) is 19.1. The van der Waals surface area contributed by atoms with Crippen LogP contribution in [0.15, 0.2) is 58.7 Å². The summed E-state index contributed by atoms with van der Waals surface area (Å²) in [7, 11) is 0. The Morgan fingerprint density at radius 2 is 1.40 bits per heavy atom. The second-order valence-electron chi connectivity index (χ2n) is 14.9. The van der Waals surface area contributed by atoms with E-state index >= 15 is 0 Å². The van der Waals surface area contributed by atoms with Gasteiger partial charge in [-0.2, -0.15) is 0 Å². The molecule has 240 valence electrons. The van der Waals surface area contributed by atoms with Crippen LogP contribution in [0.3, 0.4) is 0 Å². The first-order valence-electron chi connectivity index (χ1n) is 17.4. The Morgan fingerprint density at radius 1 is 0.833 bits per heavy atom. The molecule has 2 heteroatoms. The summed E-state index contributed by atoms with van der Waals surface area (Å²) < 4.78 is 5.51. The Hall–Kier alpha value is -1.83. The van der Waals surface area contributed by atoms with Gasteiger partial charge in [-0.3, -0.25) is 4.79 Å². The molecule has 2 nitrogen and oxygen atoms in total. The molecule has 0 aromatic heterocycles. The van der Waals surface area contributed by atoms with E-state index in [0.29, 0.717) is 18.9 Å². The van der Waals surface area contributed by atoms with Crippen LogP contribution in [0.1, 0.15) is 153 Å². The fourth-order valence-electron chi connectivity index (χ4n) is 6.20. The fourth-order valence-corrected chi connectivity index (χ4v) is 6.20. The molecule has 0 fully saturated rings. The maximum atomic E-state index is 12.3. The number of carbonyl (C=O) groups excluding carboxylic acids is 1. The summed E-state index contributed by atoms with van der Waals surface area (Å²) in [6.07, 6.45) is 28.9. The molecule has 0 heterocycles. The second-order valence-corrected chi connectivity index (χ2v) is 14.9. The van der Waals surface area contributed by atoms with Crippen molar-refractivity contribution >= 4 is 5.97 Å². The Morgan fingerprint density at radius 3 is 1.98 bits per heavy atom. The van der Waals surface area contributed by atoms with E-state index in [-0.39, 0.29) is 11.4 Å². The first kappa shape index (κ1) is 38.2. The third-order valence-electron chi connectivity index (χ3n) is 9.20. The van der Waals surface area contributed by atoms with Crippen molar-refractivity contribution in [3.63, 3.8) is 0 Å². The van der Waals surface area contributed by atoms with Crippen molar-refractivity contribution in [2.45, 2.75) is 153 Å². The van der Waals surface area contributed by atoms with Gasteiger partial charge in [-0.25, -0.2) is 0 Å². The van der Waals surface area contributed by atoms with E-state index in [1.165, 1.54) is 87.3 Å². The van der Waals surface area contributed by atoms with Crippen LogP contribution in [0.25, 0.3) is 0 Å². The van der Waals surface area contributed by atoms with Crippen molar-refractivity contribution in [3.05, 3.63) is 58.7 Å². The molecule has 42 heavy (non-hydrogen) atoms. The van der Waals surface area contributed by atoms with E-state index < -0.39 is 0 Å². The predicted octanol–water partition coefficient (Wildman–Crippen LogP) is 12.5. The lowest BCUT2D eigenvalue weighted by atomic mass is 9.72. The average molecular weight is 581 g/mol. The highest BCUT2D eigenvalue weighted by Crippen LogP contribution is 2.40. The lowest BCUT2D eigenvalue weighted by Gasteiger charge is -2.32. The first-order valence-corrected chi connectivity index (χ1v) is 17.4. The van der Waals surface area contributed by atoms with Crippen molar-refractivity contribution < 1.29 is 9.53 Å². The minimum absolute atomic E-state index is 0.0776. The molecule has 0 amide bonds. The Labute approximate surface area is 262 Å².